The van der Waals surface area contributed by atoms with Crippen molar-refractivity contribution in [1.29, 1.82) is 0 Å². The fourth-order valence-electron chi connectivity index (χ4n) is 3.58. The van der Waals surface area contributed by atoms with Gasteiger partial charge in [-0.15, -0.1) is 0 Å². The predicted molar refractivity (Wildman–Crippen MR) is 75.2 cm³/mol. The molecular formula is C16H22O4. The van der Waals surface area contributed by atoms with Gasteiger partial charge < -0.3 is 10.2 Å². The summed E-state index contributed by atoms with van der Waals surface area (Å²) in [7, 11) is 0. The van der Waals surface area contributed by atoms with E-state index in [-0.39, 0.29) is 11.8 Å². The Bertz CT molecular complexity index is 424. The molecule has 2 unspecified atom stereocenters. The van der Waals surface area contributed by atoms with Crippen molar-refractivity contribution >= 4 is 11.9 Å². The summed E-state index contributed by atoms with van der Waals surface area (Å²) in [6.45, 7) is 0. The summed E-state index contributed by atoms with van der Waals surface area (Å²) in [4.78, 5) is 23.1. The Morgan fingerprint density at radius 3 is 2.30 bits per heavy atom. The third-order valence-electron chi connectivity index (χ3n) is 4.62. The first-order valence-corrected chi connectivity index (χ1v) is 7.37. The summed E-state index contributed by atoms with van der Waals surface area (Å²) in [6.07, 6.45) is 13.0. The van der Waals surface area contributed by atoms with Gasteiger partial charge in [0, 0.05) is 0 Å². The lowest BCUT2D eigenvalue weighted by atomic mass is 9.71. The number of aliphatic carboxylic acids is 2. The highest BCUT2D eigenvalue weighted by molar-refractivity contribution is 5.80. The Hall–Kier alpha value is -1.58. The molecule has 0 aliphatic heterocycles. The van der Waals surface area contributed by atoms with E-state index in [0.29, 0.717) is 12.8 Å². The van der Waals surface area contributed by atoms with E-state index in [1.807, 2.05) is 12.2 Å². The van der Waals surface area contributed by atoms with E-state index in [4.69, 9.17) is 0 Å². The average Bonchev–Trinajstić information content (AvgIpc) is 2.78. The van der Waals surface area contributed by atoms with Gasteiger partial charge in [0.1, 0.15) is 0 Å². The van der Waals surface area contributed by atoms with E-state index in [1.54, 1.807) is 0 Å². The number of hydrogen-bond donors (Lipinski definition) is 2. The molecule has 0 radical (unpaired) electrons. The molecule has 2 aliphatic rings. The van der Waals surface area contributed by atoms with Crippen LogP contribution in [0, 0.1) is 23.7 Å². The van der Waals surface area contributed by atoms with E-state index in [1.165, 1.54) is 0 Å². The SMILES string of the molecule is O=C(O)C1CC=CC[C@@H](C2CC=CCCC2)[C@@H]1C(=O)O. The van der Waals surface area contributed by atoms with Crippen molar-refractivity contribution < 1.29 is 19.8 Å². The van der Waals surface area contributed by atoms with Crippen LogP contribution in [0.4, 0.5) is 0 Å². The topological polar surface area (TPSA) is 74.6 Å². The summed E-state index contributed by atoms with van der Waals surface area (Å²) < 4.78 is 0. The molecule has 20 heavy (non-hydrogen) atoms. The highest BCUT2D eigenvalue weighted by Gasteiger charge is 2.42. The number of carboxylic acids is 2. The standard InChI is InChI=1S/C16H22O4/c17-15(18)13-10-6-5-9-12(14(13)16(19)20)11-7-3-1-2-4-8-11/h1,3,5-6,11-14H,2,4,7-10H2,(H,17,18)(H,19,20)/t11?,12-,13?,14-/m0/s1. The van der Waals surface area contributed by atoms with Gasteiger partial charge in [0.05, 0.1) is 11.8 Å². The van der Waals surface area contributed by atoms with Gasteiger partial charge in [0.15, 0.2) is 0 Å². The lowest BCUT2D eigenvalue weighted by molar-refractivity contribution is -0.156. The third kappa shape index (κ3) is 3.30. The van der Waals surface area contributed by atoms with Crippen LogP contribution in [0.1, 0.15) is 38.5 Å². The van der Waals surface area contributed by atoms with Crippen LogP contribution >= 0.6 is 0 Å². The van der Waals surface area contributed by atoms with Crippen LogP contribution in [-0.2, 0) is 9.59 Å². The molecule has 4 heteroatoms. The van der Waals surface area contributed by atoms with E-state index in [2.05, 4.69) is 12.2 Å². The molecular weight excluding hydrogens is 256 g/mol. The van der Waals surface area contributed by atoms with Crippen molar-refractivity contribution in [2.75, 3.05) is 0 Å². The molecule has 0 fully saturated rings. The summed E-state index contributed by atoms with van der Waals surface area (Å²) >= 11 is 0. The summed E-state index contributed by atoms with van der Waals surface area (Å²) in [5.74, 6) is -3.32. The predicted octanol–water partition coefficient (Wildman–Crippen LogP) is 3.10. The van der Waals surface area contributed by atoms with Crippen molar-refractivity contribution in [2.24, 2.45) is 23.7 Å². The molecule has 0 heterocycles. The van der Waals surface area contributed by atoms with Gasteiger partial charge in [-0.05, 0) is 50.4 Å². The smallest absolute Gasteiger partial charge is 0.307 e. The Labute approximate surface area is 119 Å². The molecule has 0 saturated carbocycles. The van der Waals surface area contributed by atoms with Crippen molar-refractivity contribution in [1.82, 2.24) is 0 Å². The van der Waals surface area contributed by atoms with Crippen molar-refractivity contribution in [2.45, 2.75) is 38.5 Å². The molecule has 0 aromatic carbocycles. The third-order valence-corrected chi connectivity index (χ3v) is 4.62. The molecule has 0 spiro atoms. The molecule has 2 rings (SSSR count). The van der Waals surface area contributed by atoms with Crippen LogP contribution in [0.5, 0.6) is 0 Å². The number of hydrogen-bond acceptors (Lipinski definition) is 2. The fraction of sp³-hybridized carbons (Fsp3) is 0.625. The highest BCUT2D eigenvalue weighted by atomic mass is 16.4. The first-order valence-electron chi connectivity index (χ1n) is 7.37. The van der Waals surface area contributed by atoms with Crippen molar-refractivity contribution in [3.63, 3.8) is 0 Å². The minimum atomic E-state index is -0.988. The molecule has 0 amide bonds. The van der Waals surface area contributed by atoms with Gasteiger partial charge in [-0.2, -0.15) is 0 Å². The second-order valence-corrected chi connectivity index (χ2v) is 5.81. The highest BCUT2D eigenvalue weighted by Crippen LogP contribution is 2.40. The molecule has 0 bridgehead atoms. The van der Waals surface area contributed by atoms with Gasteiger partial charge in [-0.25, -0.2) is 0 Å². The van der Waals surface area contributed by atoms with Crippen LogP contribution in [0.3, 0.4) is 0 Å². The van der Waals surface area contributed by atoms with Gasteiger partial charge in [-0.1, -0.05) is 24.3 Å². The van der Waals surface area contributed by atoms with Gasteiger partial charge in [-0.3, -0.25) is 9.59 Å². The molecule has 4 atom stereocenters. The molecule has 0 saturated heterocycles. The molecule has 2 N–H and O–H groups in total. The zero-order valence-electron chi connectivity index (χ0n) is 11.6. The van der Waals surface area contributed by atoms with E-state index in [9.17, 15) is 19.8 Å². The maximum Gasteiger partial charge on any atom is 0.307 e. The monoisotopic (exact) mass is 278 g/mol. The summed E-state index contributed by atoms with van der Waals surface area (Å²) in [6, 6.07) is 0. The number of carboxylic acid groups (broad SMARTS) is 2. The van der Waals surface area contributed by atoms with Gasteiger partial charge in [0.2, 0.25) is 0 Å². The van der Waals surface area contributed by atoms with E-state index < -0.39 is 23.8 Å². The minimum absolute atomic E-state index is 0.0740. The van der Waals surface area contributed by atoms with Crippen LogP contribution < -0.4 is 0 Å². The Kier molecular flexibility index (Phi) is 4.99. The van der Waals surface area contributed by atoms with Crippen molar-refractivity contribution in [3.05, 3.63) is 24.3 Å². The van der Waals surface area contributed by atoms with Gasteiger partial charge in [0.25, 0.3) is 0 Å². The van der Waals surface area contributed by atoms with Crippen LogP contribution in [0.25, 0.3) is 0 Å². The lowest BCUT2D eigenvalue weighted by Gasteiger charge is -2.32. The quantitative estimate of drug-likeness (QED) is 0.778. The van der Waals surface area contributed by atoms with Gasteiger partial charge >= 0.3 is 11.9 Å². The second-order valence-electron chi connectivity index (χ2n) is 5.81. The summed E-state index contributed by atoms with van der Waals surface area (Å²) in [5.41, 5.74) is 0. The maximum atomic E-state index is 11.7. The van der Waals surface area contributed by atoms with Crippen LogP contribution in [0.2, 0.25) is 0 Å². The fourth-order valence-corrected chi connectivity index (χ4v) is 3.58. The average molecular weight is 278 g/mol. The minimum Gasteiger partial charge on any atom is -0.481 e. The number of rotatable bonds is 3. The maximum absolute atomic E-state index is 11.7. The zero-order valence-corrected chi connectivity index (χ0v) is 11.6. The number of carbonyl (C=O) groups is 2. The first-order chi connectivity index (χ1) is 9.61. The molecule has 2 aliphatic carbocycles. The first kappa shape index (κ1) is 14.8. The van der Waals surface area contributed by atoms with E-state index >= 15 is 0 Å². The summed E-state index contributed by atoms with van der Waals surface area (Å²) in [5, 5.41) is 18.9. The Balaban J connectivity index is 2.26. The molecule has 110 valence electrons. The molecule has 4 nitrogen and oxygen atoms in total. The normalized spacial score (nSPS) is 34.2. The molecule has 0 aromatic heterocycles. The second kappa shape index (κ2) is 6.73. The van der Waals surface area contributed by atoms with E-state index in [0.717, 1.165) is 25.7 Å². The Morgan fingerprint density at radius 1 is 0.900 bits per heavy atom. The number of allylic oxidation sites excluding steroid dienone is 4. The lowest BCUT2D eigenvalue weighted by Crippen LogP contribution is -2.37. The molecule has 0 aromatic rings. The Morgan fingerprint density at radius 2 is 1.60 bits per heavy atom. The zero-order chi connectivity index (χ0) is 14.5. The van der Waals surface area contributed by atoms with Crippen LogP contribution in [0.15, 0.2) is 24.3 Å². The largest absolute Gasteiger partial charge is 0.481 e. The van der Waals surface area contributed by atoms with Crippen molar-refractivity contribution in [3.8, 4) is 0 Å². The van der Waals surface area contributed by atoms with Crippen LogP contribution in [-0.4, -0.2) is 22.2 Å².